The minimum Gasteiger partial charge on any atom is -0.488 e. The molecule has 2 heterocycles. The number of para-hydroxylation sites is 1. The first-order chi connectivity index (χ1) is 12.6. The molecule has 1 amide bonds. The Hall–Kier alpha value is -3.14. The summed E-state index contributed by atoms with van der Waals surface area (Å²) in [6, 6.07) is 7.69. The molecule has 1 aliphatic rings. The van der Waals surface area contributed by atoms with E-state index in [2.05, 4.69) is 26.5 Å². The highest BCUT2D eigenvalue weighted by Gasteiger charge is 2.26. The molecule has 3 rings (SSSR count). The molecule has 0 aliphatic carbocycles. The Labute approximate surface area is 152 Å². The van der Waals surface area contributed by atoms with Gasteiger partial charge >= 0.3 is 0 Å². The van der Waals surface area contributed by atoms with E-state index in [1.165, 1.54) is 5.01 Å². The zero-order valence-corrected chi connectivity index (χ0v) is 14.9. The summed E-state index contributed by atoms with van der Waals surface area (Å²) in [7, 11) is 0. The number of carbonyl (C=O) groups is 1. The van der Waals surface area contributed by atoms with Crippen molar-refractivity contribution in [3.05, 3.63) is 41.1 Å². The van der Waals surface area contributed by atoms with Gasteiger partial charge in [-0.1, -0.05) is 36.3 Å². The fourth-order valence-corrected chi connectivity index (χ4v) is 2.74. The first-order valence-corrected chi connectivity index (χ1v) is 8.52. The van der Waals surface area contributed by atoms with Crippen LogP contribution in [-0.4, -0.2) is 22.6 Å². The van der Waals surface area contributed by atoms with Crippen molar-refractivity contribution in [2.45, 2.75) is 33.3 Å². The number of carbonyl (C=O) groups excluding carboxylic acids is 1. The maximum atomic E-state index is 12.6. The van der Waals surface area contributed by atoms with E-state index in [9.17, 15) is 4.79 Å². The second-order valence-electron chi connectivity index (χ2n) is 6.36. The number of hydrogen-bond acceptors (Lipinski definition) is 5. The molecule has 1 atom stereocenters. The Morgan fingerprint density at radius 3 is 3.00 bits per heavy atom. The number of aromatic nitrogens is 2. The van der Waals surface area contributed by atoms with Crippen molar-refractivity contribution >= 4 is 11.7 Å². The summed E-state index contributed by atoms with van der Waals surface area (Å²) < 4.78 is 5.90. The number of H-pyrrole nitrogens is 1. The summed E-state index contributed by atoms with van der Waals surface area (Å²) in [5.74, 6) is 3.72. The number of terminal acetylenes is 1. The maximum Gasteiger partial charge on any atom is 0.250 e. The number of nitrogens with zero attached hydrogens (tertiary/aromatic N) is 4. The molecule has 26 heavy (non-hydrogen) atoms. The predicted octanol–water partition coefficient (Wildman–Crippen LogP) is 3.41. The van der Waals surface area contributed by atoms with E-state index in [0.717, 1.165) is 17.7 Å². The lowest BCUT2D eigenvalue weighted by Gasteiger charge is -2.19. The zero-order chi connectivity index (χ0) is 18.5. The Morgan fingerprint density at radius 1 is 1.42 bits per heavy atom. The van der Waals surface area contributed by atoms with Gasteiger partial charge in [-0.3, -0.25) is 9.89 Å². The number of rotatable bonds is 4. The minimum atomic E-state index is -0.159. The van der Waals surface area contributed by atoms with Gasteiger partial charge in [-0.25, -0.2) is 0 Å². The largest absolute Gasteiger partial charge is 0.488 e. The topological polar surface area (TPSA) is 82.9 Å². The lowest BCUT2D eigenvalue weighted by molar-refractivity contribution is -0.119. The number of aryl methyl sites for hydroxylation is 1. The minimum absolute atomic E-state index is 0.159. The van der Waals surface area contributed by atoms with Crippen molar-refractivity contribution in [1.29, 1.82) is 0 Å². The number of ether oxygens (including phenoxy) is 1. The van der Waals surface area contributed by atoms with Crippen LogP contribution in [0.15, 0.2) is 34.6 Å². The van der Waals surface area contributed by atoms with Crippen LogP contribution in [0, 0.1) is 25.2 Å². The molecule has 0 saturated carbocycles. The van der Waals surface area contributed by atoms with Crippen LogP contribution in [0.3, 0.4) is 0 Å². The van der Waals surface area contributed by atoms with E-state index in [1.807, 2.05) is 38.1 Å². The summed E-state index contributed by atoms with van der Waals surface area (Å²) in [4.78, 5) is 12.6. The molecule has 0 fully saturated rings. The van der Waals surface area contributed by atoms with E-state index in [-0.39, 0.29) is 18.4 Å². The molecule has 0 radical (unpaired) electrons. The molecule has 0 saturated heterocycles. The molecule has 1 aromatic carbocycles. The summed E-state index contributed by atoms with van der Waals surface area (Å²) in [6.45, 7) is 4.74. The van der Waals surface area contributed by atoms with Crippen molar-refractivity contribution in [3.8, 4) is 18.1 Å². The van der Waals surface area contributed by atoms with Crippen LogP contribution in [0.4, 0.5) is 5.82 Å². The van der Waals surface area contributed by atoms with Crippen LogP contribution in [-0.2, 0) is 11.4 Å². The maximum absolute atomic E-state index is 12.6. The van der Waals surface area contributed by atoms with Crippen LogP contribution < -0.4 is 9.75 Å². The van der Waals surface area contributed by atoms with Crippen LogP contribution in [0.5, 0.6) is 5.75 Å². The van der Waals surface area contributed by atoms with Gasteiger partial charge in [0.1, 0.15) is 18.1 Å². The van der Waals surface area contributed by atoms with Gasteiger partial charge in [-0.15, -0.1) is 6.42 Å². The van der Waals surface area contributed by atoms with Crippen molar-refractivity contribution in [1.82, 2.24) is 10.2 Å². The van der Waals surface area contributed by atoms with Gasteiger partial charge in [0.05, 0.1) is 12.1 Å². The number of anilines is 1. The molecule has 1 aromatic heterocycles. The summed E-state index contributed by atoms with van der Waals surface area (Å²) in [6.07, 6.45) is 6.79. The Morgan fingerprint density at radius 2 is 2.23 bits per heavy atom. The molecule has 0 spiro atoms. The highest BCUT2D eigenvalue weighted by atomic mass is 16.5. The average Bonchev–Trinajstić information content (AvgIpc) is 3.02. The van der Waals surface area contributed by atoms with Crippen molar-refractivity contribution in [2.75, 3.05) is 11.6 Å². The lowest BCUT2D eigenvalue weighted by Crippen LogP contribution is -2.29. The van der Waals surface area contributed by atoms with E-state index in [0.29, 0.717) is 30.0 Å². The van der Waals surface area contributed by atoms with Gasteiger partial charge in [-0.2, -0.15) is 15.2 Å². The number of aromatic amines is 1. The number of nitrogens with one attached hydrogen (secondary N) is 1. The monoisotopic (exact) mass is 351 g/mol. The van der Waals surface area contributed by atoms with E-state index in [1.54, 1.807) is 0 Å². The molecule has 1 unspecified atom stereocenters. The lowest BCUT2D eigenvalue weighted by atomic mass is 10.0. The Bertz CT molecular complexity index is 865. The van der Waals surface area contributed by atoms with Crippen molar-refractivity contribution in [3.63, 3.8) is 0 Å². The molecule has 1 aliphatic heterocycles. The Kier molecular flexibility index (Phi) is 5.32. The summed E-state index contributed by atoms with van der Waals surface area (Å²) in [5, 5.41) is 16.3. The van der Waals surface area contributed by atoms with Crippen molar-refractivity contribution in [2.24, 2.45) is 16.3 Å². The predicted molar refractivity (Wildman–Crippen MR) is 97.6 cm³/mol. The molecule has 2 aromatic rings. The van der Waals surface area contributed by atoms with Gasteiger partial charge < -0.3 is 4.74 Å². The third-order valence-electron chi connectivity index (χ3n) is 4.29. The first kappa shape index (κ1) is 17.7. The van der Waals surface area contributed by atoms with Gasteiger partial charge in [0.2, 0.25) is 0 Å². The van der Waals surface area contributed by atoms with Crippen molar-refractivity contribution < 1.29 is 9.53 Å². The van der Waals surface area contributed by atoms with Crippen LogP contribution in [0.1, 0.15) is 36.6 Å². The fourth-order valence-electron chi connectivity index (χ4n) is 2.74. The van der Waals surface area contributed by atoms with Crippen LogP contribution in [0.25, 0.3) is 0 Å². The molecule has 1 N–H and O–H groups in total. The first-order valence-electron chi connectivity index (χ1n) is 8.52. The fraction of sp³-hybridized carbons (Fsp3) is 0.368. The number of hydrogen-bond donors (Lipinski definition) is 1. The molecule has 0 bridgehead atoms. The normalized spacial score (nSPS) is 17.5. The van der Waals surface area contributed by atoms with Gasteiger partial charge in [0, 0.05) is 6.42 Å². The SMILES string of the molecule is C#Cc1[nH]nc(N2N=NCCC(C)CC2=O)c1COc1ccccc1C. The summed E-state index contributed by atoms with van der Waals surface area (Å²) in [5.41, 5.74) is 2.08. The highest BCUT2D eigenvalue weighted by Crippen LogP contribution is 2.27. The number of benzene rings is 1. The third kappa shape index (κ3) is 3.75. The Balaban J connectivity index is 1.90. The molecule has 7 nitrogen and oxygen atoms in total. The number of amides is 1. The standard InChI is InChI=1S/C19H21N5O2/c1-4-16-15(12-26-17-8-6-5-7-14(17)3)19(22-21-16)24-18(25)11-13(2)9-10-20-23-24/h1,5-8,13H,9-12H2,2-3H3,(H,21,22). The van der Waals surface area contributed by atoms with E-state index < -0.39 is 0 Å². The van der Waals surface area contributed by atoms with Gasteiger partial charge in [-0.05, 0) is 30.9 Å². The molecule has 134 valence electrons. The van der Waals surface area contributed by atoms with Gasteiger partial charge in [0.15, 0.2) is 5.82 Å². The average molecular weight is 351 g/mol. The van der Waals surface area contributed by atoms with E-state index >= 15 is 0 Å². The quantitative estimate of drug-likeness (QED) is 0.857. The second-order valence-corrected chi connectivity index (χ2v) is 6.36. The second kappa shape index (κ2) is 7.83. The van der Waals surface area contributed by atoms with Crippen LogP contribution >= 0.6 is 0 Å². The van der Waals surface area contributed by atoms with E-state index in [4.69, 9.17) is 11.2 Å². The van der Waals surface area contributed by atoms with Crippen LogP contribution in [0.2, 0.25) is 0 Å². The molecule has 7 heteroatoms. The molecular weight excluding hydrogens is 330 g/mol. The summed E-state index contributed by atoms with van der Waals surface area (Å²) >= 11 is 0. The highest BCUT2D eigenvalue weighted by molar-refractivity contribution is 5.92. The molecular formula is C19H21N5O2. The van der Waals surface area contributed by atoms with Gasteiger partial charge in [0.25, 0.3) is 5.91 Å². The smallest absolute Gasteiger partial charge is 0.250 e. The third-order valence-corrected chi connectivity index (χ3v) is 4.29. The zero-order valence-electron chi connectivity index (χ0n) is 14.9.